The van der Waals surface area contributed by atoms with Crippen LogP contribution in [0.2, 0.25) is 0 Å². The number of rotatable bonds is 6. The normalized spacial score (nSPS) is 16.8. The quantitative estimate of drug-likeness (QED) is 0.547. The van der Waals surface area contributed by atoms with Gasteiger partial charge in [-0.3, -0.25) is 9.69 Å². The summed E-state index contributed by atoms with van der Waals surface area (Å²) in [6, 6.07) is 15.0. The largest absolute Gasteiger partial charge is 0.497 e. The van der Waals surface area contributed by atoms with Crippen molar-refractivity contribution in [3.05, 3.63) is 71.7 Å². The minimum Gasteiger partial charge on any atom is -0.497 e. The lowest BCUT2D eigenvalue weighted by molar-refractivity contribution is -0.121. The van der Waals surface area contributed by atoms with E-state index in [1.165, 1.54) is 11.8 Å². The predicted molar refractivity (Wildman–Crippen MR) is 111 cm³/mol. The number of thioether (sulfide) groups is 1. The number of methoxy groups -OCH3 is 2. The van der Waals surface area contributed by atoms with Crippen molar-refractivity contribution in [1.29, 1.82) is 0 Å². The van der Waals surface area contributed by atoms with Gasteiger partial charge in [-0.2, -0.15) is 0 Å². The molecule has 2 aromatic carbocycles. The van der Waals surface area contributed by atoms with Crippen molar-refractivity contribution in [2.75, 3.05) is 20.8 Å². The summed E-state index contributed by atoms with van der Waals surface area (Å²) < 4.78 is 10.7. The number of hydrogen-bond acceptors (Lipinski definition) is 5. The molecule has 1 saturated heterocycles. The van der Waals surface area contributed by atoms with E-state index in [1.54, 1.807) is 31.3 Å². The van der Waals surface area contributed by atoms with E-state index in [4.69, 9.17) is 9.47 Å². The van der Waals surface area contributed by atoms with Crippen LogP contribution in [0.4, 0.5) is 5.69 Å². The number of benzene rings is 2. The molecular weight excluding hydrogens is 360 g/mol. The first-order valence-corrected chi connectivity index (χ1v) is 9.16. The number of para-hydroxylation sites is 1. The van der Waals surface area contributed by atoms with E-state index >= 15 is 0 Å². The molecule has 2 aromatic rings. The molecule has 0 aromatic heterocycles. The first-order chi connectivity index (χ1) is 13.2. The van der Waals surface area contributed by atoms with Crippen LogP contribution in [0.1, 0.15) is 5.56 Å². The lowest BCUT2D eigenvalue weighted by Crippen LogP contribution is -2.29. The van der Waals surface area contributed by atoms with Crippen LogP contribution in [0.25, 0.3) is 6.08 Å². The van der Waals surface area contributed by atoms with Gasteiger partial charge in [0.1, 0.15) is 11.5 Å². The van der Waals surface area contributed by atoms with Gasteiger partial charge in [-0.15, -0.1) is 6.58 Å². The monoisotopic (exact) mass is 380 g/mol. The summed E-state index contributed by atoms with van der Waals surface area (Å²) in [5.74, 6) is 1.25. The van der Waals surface area contributed by atoms with Crippen LogP contribution in [0.3, 0.4) is 0 Å². The van der Waals surface area contributed by atoms with E-state index in [0.717, 1.165) is 11.3 Å². The highest BCUT2D eigenvalue weighted by molar-refractivity contribution is 8.18. The molecule has 0 atom stereocenters. The van der Waals surface area contributed by atoms with Crippen molar-refractivity contribution in [1.82, 2.24) is 4.90 Å². The van der Waals surface area contributed by atoms with Gasteiger partial charge < -0.3 is 9.47 Å². The van der Waals surface area contributed by atoms with E-state index in [9.17, 15) is 4.79 Å². The van der Waals surface area contributed by atoms with Crippen molar-refractivity contribution in [2.24, 2.45) is 4.99 Å². The van der Waals surface area contributed by atoms with E-state index < -0.39 is 0 Å². The Kier molecular flexibility index (Phi) is 5.98. The fourth-order valence-corrected chi connectivity index (χ4v) is 3.59. The molecule has 27 heavy (non-hydrogen) atoms. The number of aliphatic imine (C=N–C) groups is 1. The van der Waals surface area contributed by atoms with Crippen molar-refractivity contribution in [3.63, 3.8) is 0 Å². The second-order valence-electron chi connectivity index (χ2n) is 5.65. The summed E-state index contributed by atoms with van der Waals surface area (Å²) in [4.78, 5) is 19.7. The minimum atomic E-state index is -0.112. The third kappa shape index (κ3) is 4.23. The first-order valence-electron chi connectivity index (χ1n) is 8.34. The van der Waals surface area contributed by atoms with E-state index in [0.29, 0.717) is 28.1 Å². The summed E-state index contributed by atoms with van der Waals surface area (Å²) in [6.45, 7) is 4.14. The number of amidine groups is 1. The first kappa shape index (κ1) is 18.8. The highest BCUT2D eigenvalue weighted by Gasteiger charge is 2.32. The zero-order chi connectivity index (χ0) is 19.2. The molecule has 3 rings (SSSR count). The Hall–Kier alpha value is -2.99. The second-order valence-corrected chi connectivity index (χ2v) is 6.66. The maximum Gasteiger partial charge on any atom is 0.267 e. The number of hydrogen-bond donors (Lipinski definition) is 0. The molecule has 0 N–H and O–H groups in total. The zero-order valence-electron chi connectivity index (χ0n) is 15.2. The van der Waals surface area contributed by atoms with Crippen LogP contribution in [-0.4, -0.2) is 36.7 Å². The lowest BCUT2D eigenvalue weighted by atomic mass is 10.1. The maximum absolute atomic E-state index is 12.9. The molecule has 0 bridgehead atoms. The third-order valence-corrected chi connectivity index (χ3v) is 4.91. The molecule has 5 nitrogen and oxygen atoms in total. The summed E-state index contributed by atoms with van der Waals surface area (Å²) >= 11 is 1.33. The molecule has 1 fully saturated rings. The van der Waals surface area contributed by atoms with Crippen molar-refractivity contribution >= 4 is 34.6 Å². The average molecular weight is 380 g/mol. The van der Waals surface area contributed by atoms with Gasteiger partial charge in [-0.1, -0.05) is 24.3 Å². The Balaban J connectivity index is 2.00. The van der Waals surface area contributed by atoms with Crippen LogP contribution in [0.5, 0.6) is 11.5 Å². The Morgan fingerprint density at radius 1 is 1.15 bits per heavy atom. The van der Waals surface area contributed by atoms with E-state index in [2.05, 4.69) is 11.6 Å². The fraction of sp³-hybridized carbons (Fsp3) is 0.143. The molecular formula is C21H20N2O3S. The topological polar surface area (TPSA) is 51.1 Å². The molecule has 6 heteroatoms. The van der Waals surface area contributed by atoms with Gasteiger partial charge in [0, 0.05) is 12.1 Å². The Labute approximate surface area is 163 Å². The molecule has 1 heterocycles. The number of nitrogens with zero attached hydrogens (tertiary/aromatic N) is 2. The standard InChI is InChI=1S/C21H20N2O3S/c1-4-12-23-20(24)19(27-21(23)22-16-8-6-5-7-9-16)14-15-13-17(25-2)10-11-18(15)26-3/h4-11,13-14H,1,12H2,2-3H3/b19-14-,22-21?. The highest BCUT2D eigenvalue weighted by atomic mass is 32.2. The van der Waals surface area contributed by atoms with Gasteiger partial charge in [-0.25, -0.2) is 4.99 Å². The SMILES string of the molecule is C=CCN1C(=O)/C(=C/c2cc(OC)ccc2OC)SC1=Nc1ccccc1. The molecule has 0 saturated carbocycles. The van der Waals surface area contributed by atoms with Gasteiger partial charge >= 0.3 is 0 Å². The van der Waals surface area contributed by atoms with Crippen LogP contribution >= 0.6 is 11.8 Å². The molecule has 138 valence electrons. The third-order valence-electron chi connectivity index (χ3n) is 3.90. The molecule has 1 aliphatic rings. The van der Waals surface area contributed by atoms with E-state index in [-0.39, 0.29) is 5.91 Å². The molecule has 0 unspecified atom stereocenters. The smallest absolute Gasteiger partial charge is 0.267 e. The number of amides is 1. The van der Waals surface area contributed by atoms with Crippen LogP contribution < -0.4 is 9.47 Å². The lowest BCUT2D eigenvalue weighted by Gasteiger charge is -2.12. The highest BCUT2D eigenvalue weighted by Crippen LogP contribution is 2.36. The summed E-state index contributed by atoms with van der Waals surface area (Å²) in [6.07, 6.45) is 3.49. The maximum atomic E-state index is 12.9. The van der Waals surface area contributed by atoms with Crippen molar-refractivity contribution in [2.45, 2.75) is 0 Å². The summed E-state index contributed by atoms with van der Waals surface area (Å²) in [7, 11) is 3.20. The summed E-state index contributed by atoms with van der Waals surface area (Å²) in [5.41, 5.74) is 1.56. The van der Waals surface area contributed by atoms with Crippen LogP contribution in [0, 0.1) is 0 Å². The van der Waals surface area contributed by atoms with Gasteiger partial charge in [-0.05, 0) is 48.2 Å². The number of ether oxygens (including phenoxy) is 2. The zero-order valence-corrected chi connectivity index (χ0v) is 16.0. The average Bonchev–Trinajstić information content (AvgIpc) is 2.98. The molecule has 0 aliphatic carbocycles. The van der Waals surface area contributed by atoms with Gasteiger partial charge in [0.05, 0.1) is 24.8 Å². The number of carbonyl (C=O) groups excluding carboxylic acids is 1. The van der Waals surface area contributed by atoms with Crippen molar-refractivity contribution in [3.8, 4) is 11.5 Å². The Bertz CT molecular complexity index is 907. The molecule has 1 aliphatic heterocycles. The van der Waals surface area contributed by atoms with Crippen LogP contribution in [-0.2, 0) is 4.79 Å². The molecule has 1 amide bonds. The van der Waals surface area contributed by atoms with E-state index in [1.807, 2.05) is 48.5 Å². The fourth-order valence-electron chi connectivity index (χ4n) is 2.59. The predicted octanol–water partition coefficient (Wildman–Crippen LogP) is 4.49. The Morgan fingerprint density at radius 2 is 1.93 bits per heavy atom. The molecule has 0 radical (unpaired) electrons. The van der Waals surface area contributed by atoms with Crippen molar-refractivity contribution < 1.29 is 14.3 Å². The Morgan fingerprint density at radius 3 is 2.59 bits per heavy atom. The van der Waals surface area contributed by atoms with Gasteiger partial charge in [0.15, 0.2) is 5.17 Å². The molecule has 0 spiro atoms. The number of carbonyl (C=O) groups is 1. The van der Waals surface area contributed by atoms with Crippen LogP contribution in [0.15, 0.2) is 71.1 Å². The summed E-state index contributed by atoms with van der Waals surface area (Å²) in [5, 5.41) is 0.624. The van der Waals surface area contributed by atoms with Gasteiger partial charge in [0.2, 0.25) is 0 Å². The van der Waals surface area contributed by atoms with Gasteiger partial charge in [0.25, 0.3) is 5.91 Å². The minimum absolute atomic E-state index is 0.112. The second kappa shape index (κ2) is 8.60.